The first-order valence-corrected chi connectivity index (χ1v) is 7.99. The van der Waals surface area contributed by atoms with Crippen LogP contribution >= 0.6 is 11.3 Å². The van der Waals surface area contributed by atoms with Crippen molar-refractivity contribution in [3.8, 4) is 0 Å². The van der Waals surface area contributed by atoms with Gasteiger partial charge >= 0.3 is 0 Å². The summed E-state index contributed by atoms with van der Waals surface area (Å²) in [5.74, 6) is 0.0161. The Morgan fingerprint density at radius 3 is 3.10 bits per heavy atom. The quantitative estimate of drug-likeness (QED) is 0.898. The fourth-order valence-electron chi connectivity index (χ4n) is 2.98. The zero-order chi connectivity index (χ0) is 13.9. The minimum Gasteiger partial charge on any atom is -0.353 e. The second-order valence-electron chi connectivity index (χ2n) is 5.35. The number of nitrogens with one attached hydrogen (secondary N) is 1. The van der Waals surface area contributed by atoms with Crippen molar-refractivity contribution < 1.29 is 9.59 Å². The van der Waals surface area contributed by atoms with Crippen molar-refractivity contribution in [2.24, 2.45) is 0 Å². The van der Waals surface area contributed by atoms with E-state index < -0.39 is 0 Å². The second-order valence-corrected chi connectivity index (χ2v) is 6.13. The average molecular weight is 293 g/mol. The lowest BCUT2D eigenvalue weighted by molar-refractivity contribution is -0.139. The van der Waals surface area contributed by atoms with E-state index in [1.807, 2.05) is 0 Å². The van der Waals surface area contributed by atoms with Gasteiger partial charge in [-0.3, -0.25) is 14.5 Å². The highest BCUT2D eigenvalue weighted by Gasteiger charge is 2.30. The van der Waals surface area contributed by atoms with Gasteiger partial charge in [0, 0.05) is 19.1 Å². The van der Waals surface area contributed by atoms with Crippen LogP contribution in [0.25, 0.3) is 0 Å². The number of hydrogen-bond donors (Lipinski definition) is 1. The fourth-order valence-corrected chi connectivity index (χ4v) is 3.69. The van der Waals surface area contributed by atoms with Gasteiger partial charge in [-0.05, 0) is 41.8 Å². The van der Waals surface area contributed by atoms with E-state index in [-0.39, 0.29) is 18.4 Å². The van der Waals surface area contributed by atoms with Crippen LogP contribution in [0, 0.1) is 0 Å². The first kappa shape index (κ1) is 13.6. The third-order valence-electron chi connectivity index (χ3n) is 4.02. The molecule has 5 nitrogen and oxygen atoms in total. The molecule has 0 aliphatic carbocycles. The van der Waals surface area contributed by atoms with E-state index >= 15 is 0 Å². The fraction of sp³-hybridized carbons (Fsp3) is 0.571. The Morgan fingerprint density at radius 1 is 1.45 bits per heavy atom. The molecular formula is C14H19N3O2S. The topological polar surface area (TPSA) is 52.7 Å². The van der Waals surface area contributed by atoms with Crippen molar-refractivity contribution in [2.45, 2.75) is 18.9 Å². The molecule has 6 heteroatoms. The maximum Gasteiger partial charge on any atom is 0.239 e. The highest BCUT2D eigenvalue weighted by molar-refractivity contribution is 7.07. The van der Waals surface area contributed by atoms with Crippen LogP contribution in [0.4, 0.5) is 0 Å². The van der Waals surface area contributed by atoms with Gasteiger partial charge in [0.05, 0.1) is 13.1 Å². The SMILES string of the molecule is O=C1CN(C(=O)CN2CCC[C@H]2c2ccsc2)CCN1. The Morgan fingerprint density at radius 2 is 2.35 bits per heavy atom. The molecule has 108 valence electrons. The van der Waals surface area contributed by atoms with Crippen LogP contribution in [-0.2, 0) is 9.59 Å². The van der Waals surface area contributed by atoms with Crippen LogP contribution in [0.1, 0.15) is 24.4 Å². The summed E-state index contributed by atoms with van der Waals surface area (Å²) in [4.78, 5) is 27.6. The molecule has 0 unspecified atom stereocenters. The van der Waals surface area contributed by atoms with E-state index in [2.05, 4.69) is 27.0 Å². The average Bonchev–Trinajstić information content (AvgIpc) is 3.08. The minimum atomic E-state index is -0.0552. The highest BCUT2D eigenvalue weighted by atomic mass is 32.1. The van der Waals surface area contributed by atoms with Gasteiger partial charge in [-0.2, -0.15) is 11.3 Å². The van der Waals surface area contributed by atoms with Crippen molar-refractivity contribution in [3.05, 3.63) is 22.4 Å². The summed E-state index contributed by atoms with van der Waals surface area (Å²) in [6.45, 7) is 2.79. The Bertz CT molecular complexity index is 489. The third-order valence-corrected chi connectivity index (χ3v) is 4.72. The molecule has 1 N–H and O–H groups in total. The lowest BCUT2D eigenvalue weighted by atomic mass is 10.1. The lowest BCUT2D eigenvalue weighted by Gasteiger charge is -2.30. The lowest BCUT2D eigenvalue weighted by Crippen LogP contribution is -2.52. The van der Waals surface area contributed by atoms with Crippen molar-refractivity contribution in [3.63, 3.8) is 0 Å². The number of thiophene rings is 1. The molecule has 1 atom stereocenters. The minimum absolute atomic E-state index is 0.0552. The van der Waals surface area contributed by atoms with Crippen LogP contribution in [0.3, 0.4) is 0 Å². The predicted molar refractivity (Wildman–Crippen MR) is 77.5 cm³/mol. The Kier molecular flexibility index (Phi) is 4.03. The van der Waals surface area contributed by atoms with E-state index in [0.717, 1.165) is 19.4 Å². The molecular weight excluding hydrogens is 274 g/mol. The van der Waals surface area contributed by atoms with Gasteiger partial charge in [-0.15, -0.1) is 0 Å². The predicted octanol–water partition coefficient (Wildman–Crippen LogP) is 0.843. The third kappa shape index (κ3) is 2.86. The normalized spacial score (nSPS) is 23.9. The number of amides is 2. The molecule has 0 saturated carbocycles. The standard InChI is InChI=1S/C14H19N3O2S/c18-13-8-17(6-4-15-13)14(19)9-16-5-1-2-12(16)11-3-7-20-10-11/h3,7,10,12H,1-2,4-6,8-9H2,(H,15,18)/t12-/m0/s1. The Labute approximate surface area is 122 Å². The summed E-state index contributed by atoms with van der Waals surface area (Å²) >= 11 is 1.70. The van der Waals surface area contributed by atoms with Gasteiger partial charge in [-0.1, -0.05) is 0 Å². The van der Waals surface area contributed by atoms with E-state index in [0.29, 0.717) is 25.7 Å². The molecule has 1 aromatic heterocycles. The first-order valence-electron chi connectivity index (χ1n) is 7.04. The number of carbonyl (C=O) groups excluding carboxylic acids is 2. The molecule has 0 radical (unpaired) electrons. The molecule has 20 heavy (non-hydrogen) atoms. The monoisotopic (exact) mass is 293 g/mol. The van der Waals surface area contributed by atoms with Crippen molar-refractivity contribution in [1.29, 1.82) is 0 Å². The van der Waals surface area contributed by atoms with Gasteiger partial charge in [0.15, 0.2) is 0 Å². The Hall–Kier alpha value is -1.40. The van der Waals surface area contributed by atoms with Crippen molar-refractivity contribution >= 4 is 23.2 Å². The maximum absolute atomic E-state index is 12.3. The van der Waals surface area contributed by atoms with Gasteiger partial charge < -0.3 is 10.2 Å². The van der Waals surface area contributed by atoms with E-state index in [4.69, 9.17) is 0 Å². The maximum atomic E-state index is 12.3. The number of piperazine rings is 1. The van der Waals surface area contributed by atoms with E-state index in [1.165, 1.54) is 5.56 Å². The number of nitrogens with zero attached hydrogens (tertiary/aromatic N) is 2. The molecule has 3 rings (SSSR count). The smallest absolute Gasteiger partial charge is 0.239 e. The number of rotatable bonds is 3. The van der Waals surface area contributed by atoms with Gasteiger partial charge in [0.25, 0.3) is 0 Å². The van der Waals surface area contributed by atoms with Crippen LogP contribution in [0.15, 0.2) is 16.8 Å². The zero-order valence-corrected chi connectivity index (χ0v) is 12.2. The molecule has 2 fully saturated rings. The first-order chi connectivity index (χ1) is 9.74. The summed E-state index contributed by atoms with van der Waals surface area (Å²) in [5, 5.41) is 7.00. The van der Waals surface area contributed by atoms with Crippen molar-refractivity contribution in [1.82, 2.24) is 15.1 Å². The van der Waals surface area contributed by atoms with E-state index in [9.17, 15) is 9.59 Å². The molecule has 2 amide bonds. The van der Waals surface area contributed by atoms with Crippen LogP contribution in [0.5, 0.6) is 0 Å². The summed E-state index contributed by atoms with van der Waals surface area (Å²) in [7, 11) is 0. The molecule has 2 aliphatic heterocycles. The van der Waals surface area contributed by atoms with Crippen molar-refractivity contribution in [2.75, 3.05) is 32.7 Å². The number of hydrogen-bond acceptors (Lipinski definition) is 4. The summed E-state index contributed by atoms with van der Waals surface area (Å²) < 4.78 is 0. The van der Waals surface area contributed by atoms with Crippen LogP contribution < -0.4 is 5.32 Å². The number of likely N-dealkylation sites (tertiary alicyclic amines) is 1. The highest BCUT2D eigenvalue weighted by Crippen LogP contribution is 2.32. The largest absolute Gasteiger partial charge is 0.353 e. The molecule has 3 heterocycles. The zero-order valence-electron chi connectivity index (χ0n) is 11.4. The molecule has 2 saturated heterocycles. The second kappa shape index (κ2) is 5.93. The van der Waals surface area contributed by atoms with Gasteiger partial charge in [0.1, 0.15) is 0 Å². The summed E-state index contributed by atoms with van der Waals surface area (Å²) in [6, 6.07) is 2.51. The Balaban J connectivity index is 1.61. The summed E-state index contributed by atoms with van der Waals surface area (Å²) in [6.07, 6.45) is 2.25. The number of carbonyl (C=O) groups is 2. The van der Waals surface area contributed by atoms with Gasteiger partial charge in [0.2, 0.25) is 11.8 Å². The molecule has 0 spiro atoms. The molecule has 2 aliphatic rings. The molecule has 1 aromatic rings. The van der Waals surface area contributed by atoms with Crippen LogP contribution in [-0.4, -0.2) is 54.3 Å². The van der Waals surface area contributed by atoms with E-state index in [1.54, 1.807) is 16.2 Å². The summed E-state index contributed by atoms with van der Waals surface area (Å²) in [5.41, 5.74) is 1.32. The molecule has 0 bridgehead atoms. The van der Waals surface area contributed by atoms with Gasteiger partial charge in [-0.25, -0.2) is 0 Å². The van der Waals surface area contributed by atoms with Crippen LogP contribution in [0.2, 0.25) is 0 Å². The molecule has 0 aromatic carbocycles.